The summed E-state index contributed by atoms with van der Waals surface area (Å²) in [6, 6.07) is -0.181. The van der Waals surface area contributed by atoms with Crippen molar-refractivity contribution in [2.24, 2.45) is 10.9 Å². The summed E-state index contributed by atoms with van der Waals surface area (Å²) in [6.45, 7) is 8.98. The van der Waals surface area contributed by atoms with Crippen LogP contribution in [0.15, 0.2) is 10.4 Å². The number of thiazole rings is 1. The van der Waals surface area contributed by atoms with Crippen LogP contribution in [-0.4, -0.2) is 42.8 Å². The standard InChI is InChI=1S/C17H28F3N5O2S.HI/c1-5-21-15(23-9-14-25-13(10-28-14)17(18,19)20)22-8-12(7-11(3)4)24-16(26)27-6-2;/h10-12H,5-9H2,1-4H3,(H,24,26)(H2,21,22,23);1H. The number of hydrogen-bond acceptors (Lipinski definition) is 5. The number of aromatic nitrogens is 1. The van der Waals surface area contributed by atoms with Crippen LogP contribution in [0.1, 0.15) is 44.8 Å². The third-order valence-corrected chi connectivity index (χ3v) is 4.26. The molecule has 0 fully saturated rings. The molecule has 168 valence electrons. The molecule has 0 bridgehead atoms. The second-order valence-electron chi connectivity index (χ2n) is 6.39. The van der Waals surface area contributed by atoms with Crippen LogP contribution in [0.4, 0.5) is 18.0 Å². The molecule has 0 radical (unpaired) electrons. The Balaban J connectivity index is 0.00000784. The van der Waals surface area contributed by atoms with Gasteiger partial charge in [0.2, 0.25) is 0 Å². The van der Waals surface area contributed by atoms with E-state index in [9.17, 15) is 18.0 Å². The first-order valence-corrected chi connectivity index (χ1v) is 10.0. The minimum atomic E-state index is -4.45. The van der Waals surface area contributed by atoms with E-state index >= 15 is 0 Å². The first kappa shape index (κ1) is 27.7. The molecule has 1 amide bonds. The lowest BCUT2D eigenvalue weighted by molar-refractivity contribution is -0.140. The van der Waals surface area contributed by atoms with Crippen LogP contribution in [0.2, 0.25) is 0 Å². The SMILES string of the molecule is CCNC(=NCc1nc(C(F)(F)F)cs1)NCC(CC(C)C)NC(=O)OCC.I. The van der Waals surface area contributed by atoms with Gasteiger partial charge in [0.1, 0.15) is 5.01 Å². The third kappa shape index (κ3) is 11.5. The highest BCUT2D eigenvalue weighted by atomic mass is 127. The molecule has 0 aliphatic rings. The fraction of sp³-hybridized carbons (Fsp3) is 0.706. The van der Waals surface area contributed by atoms with Crippen molar-refractivity contribution in [3.05, 3.63) is 16.1 Å². The summed E-state index contributed by atoms with van der Waals surface area (Å²) in [7, 11) is 0. The van der Waals surface area contributed by atoms with E-state index in [0.717, 1.165) is 23.1 Å². The lowest BCUT2D eigenvalue weighted by Gasteiger charge is -2.22. The maximum absolute atomic E-state index is 12.6. The molecule has 0 aliphatic carbocycles. The molecule has 0 saturated carbocycles. The number of carbonyl (C=O) groups is 1. The molecule has 7 nitrogen and oxygen atoms in total. The highest BCUT2D eigenvalue weighted by Crippen LogP contribution is 2.30. The predicted octanol–water partition coefficient (Wildman–Crippen LogP) is 4.00. The molecule has 1 atom stereocenters. The zero-order valence-corrected chi connectivity index (χ0v) is 20.1. The maximum atomic E-state index is 12.6. The van der Waals surface area contributed by atoms with E-state index in [2.05, 4.69) is 25.9 Å². The van der Waals surface area contributed by atoms with E-state index in [4.69, 9.17) is 4.74 Å². The van der Waals surface area contributed by atoms with Gasteiger partial charge in [0.05, 0.1) is 13.2 Å². The zero-order valence-electron chi connectivity index (χ0n) is 16.9. The van der Waals surface area contributed by atoms with Gasteiger partial charge in [-0.15, -0.1) is 35.3 Å². The lowest BCUT2D eigenvalue weighted by Crippen LogP contribution is -2.47. The summed E-state index contributed by atoms with van der Waals surface area (Å²) >= 11 is 0.916. The Morgan fingerprint density at radius 1 is 1.31 bits per heavy atom. The summed E-state index contributed by atoms with van der Waals surface area (Å²) in [4.78, 5) is 19.5. The van der Waals surface area contributed by atoms with Crippen molar-refractivity contribution in [2.45, 2.75) is 52.9 Å². The van der Waals surface area contributed by atoms with Crippen LogP contribution >= 0.6 is 35.3 Å². The van der Waals surface area contributed by atoms with Crippen molar-refractivity contribution < 1.29 is 22.7 Å². The van der Waals surface area contributed by atoms with Gasteiger partial charge in [-0.05, 0) is 26.2 Å². The topological polar surface area (TPSA) is 87.6 Å². The van der Waals surface area contributed by atoms with Gasteiger partial charge in [-0.3, -0.25) is 0 Å². The number of alkyl carbamates (subject to hydrolysis) is 1. The molecule has 0 aliphatic heterocycles. The van der Waals surface area contributed by atoms with E-state index in [1.165, 1.54) is 0 Å². The van der Waals surface area contributed by atoms with Gasteiger partial charge >= 0.3 is 12.3 Å². The van der Waals surface area contributed by atoms with E-state index in [-0.39, 0.29) is 48.2 Å². The normalized spacial score (nSPS) is 12.9. The average molecular weight is 551 g/mol. The molecule has 1 heterocycles. The Morgan fingerprint density at radius 3 is 2.52 bits per heavy atom. The summed E-state index contributed by atoms with van der Waals surface area (Å²) in [6.07, 6.45) is -4.21. The number of amides is 1. The number of carbonyl (C=O) groups excluding carboxylic acids is 1. The number of guanidine groups is 1. The maximum Gasteiger partial charge on any atom is 0.434 e. The minimum absolute atomic E-state index is 0. The van der Waals surface area contributed by atoms with Crippen molar-refractivity contribution in [1.29, 1.82) is 0 Å². The molecular weight excluding hydrogens is 522 g/mol. The first-order valence-electron chi connectivity index (χ1n) is 9.12. The molecule has 1 aromatic heterocycles. The zero-order chi connectivity index (χ0) is 21.2. The van der Waals surface area contributed by atoms with Gasteiger partial charge in [0.15, 0.2) is 11.7 Å². The molecule has 12 heteroatoms. The average Bonchev–Trinajstić information content (AvgIpc) is 3.06. The Hall–Kier alpha value is -1.31. The van der Waals surface area contributed by atoms with Crippen LogP contribution in [-0.2, 0) is 17.5 Å². The highest BCUT2D eigenvalue weighted by molar-refractivity contribution is 14.0. The Morgan fingerprint density at radius 2 is 2.00 bits per heavy atom. The van der Waals surface area contributed by atoms with Gasteiger partial charge in [-0.25, -0.2) is 14.8 Å². The van der Waals surface area contributed by atoms with Gasteiger partial charge in [0.25, 0.3) is 0 Å². The number of rotatable bonds is 9. The number of aliphatic imine (C=N–C) groups is 1. The second kappa shape index (κ2) is 13.8. The van der Waals surface area contributed by atoms with Crippen molar-refractivity contribution >= 4 is 47.4 Å². The summed E-state index contributed by atoms with van der Waals surface area (Å²) < 4.78 is 42.8. The van der Waals surface area contributed by atoms with Crippen LogP contribution in [0.5, 0.6) is 0 Å². The molecule has 29 heavy (non-hydrogen) atoms. The van der Waals surface area contributed by atoms with E-state index < -0.39 is 18.0 Å². The first-order chi connectivity index (χ1) is 13.2. The molecule has 1 unspecified atom stereocenters. The Bertz CT molecular complexity index is 641. The molecule has 1 aromatic rings. The van der Waals surface area contributed by atoms with Crippen molar-refractivity contribution in [3.8, 4) is 0 Å². The molecule has 0 spiro atoms. The van der Waals surface area contributed by atoms with Crippen LogP contribution in [0.3, 0.4) is 0 Å². The van der Waals surface area contributed by atoms with E-state index in [1.807, 2.05) is 20.8 Å². The molecular formula is C17H29F3IN5O2S. The second-order valence-corrected chi connectivity index (χ2v) is 7.33. The van der Waals surface area contributed by atoms with Gasteiger partial charge in [-0.1, -0.05) is 13.8 Å². The molecule has 0 aromatic carbocycles. The number of nitrogens with zero attached hydrogens (tertiary/aromatic N) is 2. The fourth-order valence-electron chi connectivity index (χ4n) is 2.32. The van der Waals surface area contributed by atoms with Crippen LogP contribution in [0, 0.1) is 5.92 Å². The smallest absolute Gasteiger partial charge is 0.434 e. The van der Waals surface area contributed by atoms with Crippen molar-refractivity contribution in [3.63, 3.8) is 0 Å². The van der Waals surface area contributed by atoms with Crippen LogP contribution < -0.4 is 16.0 Å². The number of hydrogen-bond donors (Lipinski definition) is 3. The van der Waals surface area contributed by atoms with E-state index in [1.54, 1.807) is 6.92 Å². The quantitative estimate of drug-likeness (QED) is 0.246. The number of halogens is 4. The van der Waals surface area contributed by atoms with Crippen LogP contribution in [0.25, 0.3) is 0 Å². The van der Waals surface area contributed by atoms with Gasteiger partial charge in [0, 0.05) is 24.5 Å². The van der Waals surface area contributed by atoms with Gasteiger partial charge in [-0.2, -0.15) is 13.2 Å². The predicted molar refractivity (Wildman–Crippen MR) is 119 cm³/mol. The molecule has 1 rings (SSSR count). The molecule has 0 saturated heterocycles. The number of ether oxygens (including phenoxy) is 1. The highest BCUT2D eigenvalue weighted by Gasteiger charge is 2.33. The van der Waals surface area contributed by atoms with Crippen molar-refractivity contribution in [2.75, 3.05) is 19.7 Å². The minimum Gasteiger partial charge on any atom is -0.450 e. The van der Waals surface area contributed by atoms with E-state index in [0.29, 0.717) is 25.0 Å². The summed E-state index contributed by atoms with van der Waals surface area (Å²) in [5.41, 5.74) is -0.906. The van der Waals surface area contributed by atoms with Gasteiger partial charge < -0.3 is 20.7 Å². The number of nitrogens with one attached hydrogen (secondary N) is 3. The summed E-state index contributed by atoms with van der Waals surface area (Å²) in [5.74, 6) is 0.787. The largest absolute Gasteiger partial charge is 0.450 e. The lowest BCUT2D eigenvalue weighted by atomic mass is 10.0. The summed E-state index contributed by atoms with van der Waals surface area (Å²) in [5, 5.41) is 10.2. The third-order valence-electron chi connectivity index (χ3n) is 3.43. The monoisotopic (exact) mass is 551 g/mol. The number of alkyl halides is 3. The fourth-order valence-corrected chi connectivity index (χ4v) is 3.05. The Labute approximate surface area is 190 Å². The van der Waals surface area contributed by atoms with Crippen molar-refractivity contribution in [1.82, 2.24) is 20.9 Å². The Kier molecular flexibility index (Phi) is 13.2. The molecule has 3 N–H and O–H groups in total.